The fourth-order valence-electron chi connectivity index (χ4n) is 19.7. The first-order chi connectivity index (χ1) is 61.5. The third kappa shape index (κ3) is 30.1. The molecule has 2 bridgehead atoms. The Morgan fingerprint density at radius 1 is 0.566 bits per heavy atom. The first-order valence-electron chi connectivity index (χ1n) is 46.6. The van der Waals surface area contributed by atoms with E-state index >= 15 is 47.9 Å². The molecule has 41 heteroatoms. The van der Waals surface area contributed by atoms with Crippen molar-refractivity contribution in [1.82, 2.24) is 101 Å². The van der Waals surface area contributed by atoms with Gasteiger partial charge in [0.05, 0.1) is 30.6 Å². The van der Waals surface area contributed by atoms with Crippen molar-refractivity contribution in [2.24, 2.45) is 46.7 Å². The minimum absolute atomic E-state index is 0.00447. The van der Waals surface area contributed by atoms with Crippen LogP contribution in [0.3, 0.4) is 0 Å². The number of aliphatic hydroxyl groups is 3. The average Bonchev–Trinajstić information content (AvgIpc) is 1.69. The molecule has 1 aromatic rings. The number of hydrogen-bond acceptors (Lipinski definition) is 26. The van der Waals surface area contributed by atoms with Gasteiger partial charge in [0.1, 0.15) is 78.5 Å². The van der Waals surface area contributed by atoms with E-state index in [0.717, 1.165) is 49.8 Å². The highest BCUT2D eigenvalue weighted by Gasteiger charge is 2.48. The molecule has 14 amide bonds. The molecule has 9 aliphatic rings. The van der Waals surface area contributed by atoms with E-state index in [0.29, 0.717) is 90.6 Å². The van der Waals surface area contributed by atoms with Gasteiger partial charge in [-0.15, -0.1) is 0 Å². The van der Waals surface area contributed by atoms with Crippen LogP contribution >= 0.6 is 23.5 Å². The van der Waals surface area contributed by atoms with E-state index in [9.17, 15) is 44.4 Å². The van der Waals surface area contributed by atoms with Crippen LogP contribution < -0.4 is 101 Å². The van der Waals surface area contributed by atoms with Crippen molar-refractivity contribution in [3.8, 4) is 0 Å². The predicted octanol–water partition coefficient (Wildman–Crippen LogP) is -2.75. The van der Waals surface area contributed by atoms with E-state index in [1.54, 1.807) is 26.8 Å². The van der Waals surface area contributed by atoms with Crippen LogP contribution in [-0.4, -0.2) is 287 Å². The Morgan fingerprint density at radius 3 is 1.67 bits per heavy atom. The summed E-state index contributed by atoms with van der Waals surface area (Å²) in [5.41, 5.74) is 6.42. The number of aliphatic hydroxyl groups excluding tert-OH is 3. The summed E-state index contributed by atoms with van der Waals surface area (Å²) in [7, 11) is 0. The lowest BCUT2D eigenvalue weighted by atomic mass is 9.82. The Morgan fingerprint density at radius 2 is 1.12 bits per heavy atom. The Labute approximate surface area is 763 Å². The highest BCUT2D eigenvalue weighted by Crippen LogP contribution is 2.36. The average molecular weight is 1850 g/mol. The molecule has 10 rings (SSSR count). The zero-order valence-corrected chi connectivity index (χ0v) is 77.2. The number of nitrogens with two attached hydrogens (primary N) is 1. The first-order valence-corrected chi connectivity index (χ1v) is 48.9. The van der Waals surface area contributed by atoms with Gasteiger partial charge in [0, 0.05) is 62.2 Å². The molecule has 0 radical (unpaired) electrons. The normalized spacial score (nSPS) is 33.0. The second-order valence-corrected chi connectivity index (χ2v) is 40.0. The number of hydrogen-bond donors (Lipinski definition) is 23. The number of primary amides is 1. The fourth-order valence-corrected chi connectivity index (χ4v) is 21.7. The van der Waals surface area contributed by atoms with E-state index in [-0.39, 0.29) is 116 Å². The summed E-state index contributed by atoms with van der Waals surface area (Å²) in [6.07, 6.45) is 3.54. The highest BCUT2D eigenvalue weighted by atomic mass is 32.2. The van der Waals surface area contributed by atoms with Crippen molar-refractivity contribution in [1.29, 1.82) is 0 Å². The van der Waals surface area contributed by atoms with Crippen molar-refractivity contribution in [3.63, 3.8) is 0 Å². The molecule has 7 aliphatic heterocycles. The van der Waals surface area contributed by atoms with Crippen LogP contribution in [0.4, 0.5) is 0 Å². The maximum absolute atomic E-state index is 15.6. The summed E-state index contributed by atoms with van der Waals surface area (Å²) < 4.78 is 0. The summed E-state index contributed by atoms with van der Waals surface area (Å²) in [6.45, 7) is 13.6. The number of fused-ring (bicyclic) bond motifs is 5. The lowest BCUT2D eigenvalue weighted by Crippen LogP contribution is -2.63. The van der Waals surface area contributed by atoms with Gasteiger partial charge in [-0.1, -0.05) is 77.6 Å². The van der Waals surface area contributed by atoms with Gasteiger partial charge in [0.25, 0.3) is 0 Å². The molecule has 1 aromatic carbocycles. The summed E-state index contributed by atoms with van der Waals surface area (Å²) in [4.78, 5) is 222. The molecule has 24 N–H and O–H groups in total. The van der Waals surface area contributed by atoms with Crippen molar-refractivity contribution >= 4 is 112 Å². The molecule has 2 saturated carbocycles. The van der Waals surface area contributed by atoms with Gasteiger partial charge < -0.3 is 127 Å². The highest BCUT2D eigenvalue weighted by molar-refractivity contribution is 7.98. The van der Waals surface area contributed by atoms with Crippen LogP contribution in [0.2, 0.25) is 0 Å². The molecular weight excluding hydrogens is 1710 g/mol. The molecule has 0 aromatic heterocycles. The molecule has 7 unspecified atom stereocenters. The predicted molar refractivity (Wildman–Crippen MR) is 481 cm³/mol. The number of nitrogens with one attached hydrogen (secondary N) is 18. The maximum atomic E-state index is 15.6. The number of nitrogens with zero attached hydrogens (tertiary/aromatic N) is 1. The quantitative estimate of drug-likeness (QED) is 0.0629. The number of thioether (sulfide) groups is 2. The van der Waals surface area contributed by atoms with E-state index < -0.39 is 216 Å². The minimum Gasteiger partial charge on any atom is -0.481 e. The van der Waals surface area contributed by atoms with E-state index in [4.69, 9.17) is 5.73 Å². The van der Waals surface area contributed by atoms with Gasteiger partial charge >= 0.3 is 5.97 Å². The van der Waals surface area contributed by atoms with Gasteiger partial charge in [-0.05, 0) is 208 Å². The van der Waals surface area contributed by atoms with Crippen LogP contribution in [0.1, 0.15) is 207 Å². The van der Waals surface area contributed by atoms with Gasteiger partial charge in [0.15, 0.2) is 0 Å². The van der Waals surface area contributed by atoms with Crippen molar-refractivity contribution in [2.45, 2.75) is 323 Å². The number of carboxylic acids is 1. The Balaban J connectivity index is 0.997. The fraction of sp³-hybridized carbons (Fsp3) is 0.761. The number of rotatable bonds is 20. The van der Waals surface area contributed by atoms with Gasteiger partial charge in [0.2, 0.25) is 82.7 Å². The topological polar surface area (TPSA) is 583 Å². The Bertz CT molecular complexity index is 4040. The first kappa shape index (κ1) is 103. The van der Waals surface area contributed by atoms with E-state index in [2.05, 4.69) is 95.7 Å². The van der Waals surface area contributed by atoms with Crippen LogP contribution in [0.25, 0.3) is 0 Å². The van der Waals surface area contributed by atoms with E-state index in [1.807, 2.05) is 25.1 Å². The molecule has 39 nitrogen and oxygen atoms in total. The Kier molecular flexibility index (Phi) is 39.3. The molecule has 720 valence electrons. The molecular formula is C88H142N20O19S2. The smallest absolute Gasteiger partial charge is 0.303 e. The van der Waals surface area contributed by atoms with Crippen LogP contribution in [0.15, 0.2) is 24.3 Å². The molecule has 2 aliphatic carbocycles. The number of amides is 14. The van der Waals surface area contributed by atoms with Crippen molar-refractivity contribution in [2.75, 3.05) is 57.4 Å². The Hall–Kier alpha value is -8.39. The van der Waals surface area contributed by atoms with Crippen LogP contribution in [0, 0.1) is 40.9 Å². The summed E-state index contributed by atoms with van der Waals surface area (Å²) >= 11 is 2.52. The summed E-state index contributed by atoms with van der Waals surface area (Å²) in [5.74, 6) is -13.9. The molecule has 22 atom stereocenters. The molecule has 8 fully saturated rings. The monoisotopic (exact) mass is 1850 g/mol. The third-order valence-electron chi connectivity index (χ3n) is 26.8. The lowest BCUT2D eigenvalue weighted by Gasteiger charge is -2.36. The second-order valence-electron chi connectivity index (χ2n) is 38.0. The summed E-state index contributed by atoms with van der Waals surface area (Å²) in [5, 5.41) is 97.7. The zero-order chi connectivity index (χ0) is 93.3. The number of carbonyl (C=O) groups is 15. The zero-order valence-electron chi connectivity index (χ0n) is 75.5. The van der Waals surface area contributed by atoms with E-state index in [1.165, 1.54) is 49.2 Å². The van der Waals surface area contributed by atoms with Gasteiger partial charge in [-0.2, -0.15) is 23.5 Å². The van der Waals surface area contributed by atoms with Crippen LogP contribution in [-0.2, 0) is 83.4 Å². The van der Waals surface area contributed by atoms with Crippen molar-refractivity contribution in [3.05, 3.63) is 35.4 Å². The number of carbonyl (C=O) groups excluding carboxylic acids is 14. The minimum atomic E-state index is -1.81. The van der Waals surface area contributed by atoms with Crippen LogP contribution in [0.5, 0.6) is 0 Å². The van der Waals surface area contributed by atoms with Gasteiger partial charge in [-0.3, -0.25) is 71.9 Å². The molecule has 6 saturated heterocycles. The second kappa shape index (κ2) is 49.4. The standard InChI is InChI=1S/C88H142N20O19S2/c1-8-16-59(96-48(4)111)76(116)103-66-44-129-42-51-18-12-17-50(33-51)41-128-43-65(73(89)115)102-84(124)70(47(3)110)105-85(125)71(52-19-10-9-11-20-52)106-80(120)62(36-54-39-94-75-58(54)22-14-31-92-75)98-79(119)63(37-55-40-90-45-95-55)99-77(117)60(28-29-68(113)114)97-78(118)61(35-53-38-93-74-57(53)21-13-30-91-74)100-83(123)69(46(2)109)104-82(122)67-23-15-32-108(67)87(127)64(34-49-24-26-56(112)27-25-49)101-86(126)72(88(5,6)7)107-81(66)121/h12,17-18,33,46-47,49,52-67,69-72,74-75,90-95,109-110,112H,8-11,13-16,19-32,34-45H2,1-7H3,(H2,89,115)(H,96,111)(H,97,118)(H,98,119)(H,99,117)(H,100,123)(H,101,126)(H,102,124)(H,103,116)(H,104,122)(H,105,125)(H,106,120)(H,107,121)(H,113,114)/t46-,47-,49?,53?,54?,55?,56?,57?,58?,59+,60+,61+,62+,63+,64+,65+,66+,67+,69+,70+,71-,72-,74?,75?/m1/s1. The maximum Gasteiger partial charge on any atom is 0.303 e. The summed E-state index contributed by atoms with van der Waals surface area (Å²) in [6, 6.07) is -11.9. The molecule has 129 heavy (non-hydrogen) atoms. The van der Waals surface area contributed by atoms with Gasteiger partial charge in [-0.25, -0.2) is 0 Å². The number of benzene rings is 1. The molecule has 0 spiro atoms. The number of aliphatic carboxylic acids is 1. The largest absolute Gasteiger partial charge is 0.481 e. The third-order valence-corrected chi connectivity index (χ3v) is 29.1. The lowest BCUT2D eigenvalue weighted by molar-refractivity contribution is -0.144. The SMILES string of the molecule is CCC[C@H](NC(C)=O)C(=O)N[C@H]1CSCc2cccc(c2)CSC[C@@H](C(N)=O)NC(=O)[C@H]([C@@H](C)O)NC(=O)[C@@H](C2CCCCC2)NC(=O)[C@H](CC2CNC3NCCCC23)NC(=O)[C@H](CC2CNCN2)NC(=O)[C@H](CCC(=O)O)NC(=O)[C@H](CC2CNC3NCCCC23)NC(=O)[C@H]([C@@H](C)O)NC(=O)[C@@H]2CCCN2C(=O)[C@H](CC2CCC(O)CC2)NC(=O)[C@H](C(C)(C)C)NC1=O. The van der Waals surface area contributed by atoms with Crippen molar-refractivity contribution < 1.29 is 92.3 Å². The number of carboxylic acid groups (broad SMARTS) is 1. The molecule has 7 heterocycles. The number of piperidine rings is 2.